The molecule has 9 heteroatoms. The number of aliphatic hydroxyl groups is 1. The maximum atomic E-state index is 10.3. The lowest BCUT2D eigenvalue weighted by Gasteiger charge is -2.27. The summed E-state index contributed by atoms with van der Waals surface area (Å²) in [6, 6.07) is 3.65. The second-order valence-electron chi connectivity index (χ2n) is 7.11. The standard InChI is InChI=1S/C20H23ClN4O3S/c1-11-15(28-10-12-7-8-22-19(21)23-12)9-16(27-2)17-18(11)29-20(25-17)24-13-5-3-4-6-14(13)26/h7-9,13-14,26H,3-6,10H2,1-2H3,(H,24,25)/t13?,14-/m0/s1. The molecule has 154 valence electrons. The van der Waals surface area contributed by atoms with Gasteiger partial charge in [-0.3, -0.25) is 0 Å². The van der Waals surface area contributed by atoms with E-state index in [1.54, 1.807) is 30.7 Å². The van der Waals surface area contributed by atoms with Gasteiger partial charge in [-0.1, -0.05) is 24.2 Å². The van der Waals surface area contributed by atoms with Crippen molar-refractivity contribution in [3.05, 3.63) is 34.9 Å². The van der Waals surface area contributed by atoms with Gasteiger partial charge in [0.05, 0.1) is 29.6 Å². The van der Waals surface area contributed by atoms with Crippen LogP contribution in [0.25, 0.3) is 10.2 Å². The van der Waals surface area contributed by atoms with Gasteiger partial charge in [0, 0.05) is 17.8 Å². The van der Waals surface area contributed by atoms with Crippen LogP contribution in [-0.2, 0) is 6.61 Å². The first-order valence-corrected chi connectivity index (χ1v) is 10.8. The summed E-state index contributed by atoms with van der Waals surface area (Å²) in [6.07, 6.45) is 5.24. The van der Waals surface area contributed by atoms with E-state index in [2.05, 4.69) is 15.3 Å². The molecule has 4 rings (SSSR count). The zero-order valence-electron chi connectivity index (χ0n) is 16.3. The van der Waals surface area contributed by atoms with E-state index < -0.39 is 0 Å². The second-order valence-corrected chi connectivity index (χ2v) is 8.44. The van der Waals surface area contributed by atoms with E-state index in [1.165, 1.54) is 0 Å². The number of aryl methyl sites for hydroxylation is 1. The normalized spacial score (nSPS) is 19.3. The molecule has 1 aliphatic rings. The van der Waals surface area contributed by atoms with E-state index >= 15 is 0 Å². The molecule has 2 N–H and O–H groups in total. The van der Waals surface area contributed by atoms with E-state index in [-0.39, 0.29) is 24.0 Å². The molecule has 0 aliphatic heterocycles. The molecule has 1 unspecified atom stereocenters. The molecule has 1 aliphatic carbocycles. The van der Waals surface area contributed by atoms with Crippen molar-refractivity contribution < 1.29 is 14.6 Å². The lowest BCUT2D eigenvalue weighted by molar-refractivity contribution is 0.116. The first-order valence-electron chi connectivity index (χ1n) is 9.58. The third kappa shape index (κ3) is 4.39. The van der Waals surface area contributed by atoms with Crippen LogP contribution in [0, 0.1) is 6.92 Å². The van der Waals surface area contributed by atoms with Gasteiger partial charge in [0.25, 0.3) is 0 Å². The first-order chi connectivity index (χ1) is 14.0. The highest BCUT2D eigenvalue weighted by atomic mass is 35.5. The molecule has 0 amide bonds. The zero-order valence-corrected chi connectivity index (χ0v) is 17.9. The molecule has 1 aromatic carbocycles. The SMILES string of the molecule is COc1cc(OCc2ccnc(Cl)n2)c(C)c2sc(NC3CCCC[C@@H]3O)nc12. The Hall–Kier alpha value is -2.16. The minimum absolute atomic E-state index is 0.0360. The van der Waals surface area contributed by atoms with Crippen molar-refractivity contribution in [2.24, 2.45) is 0 Å². The largest absolute Gasteiger partial charge is 0.494 e. The number of benzene rings is 1. The number of thiazole rings is 1. The van der Waals surface area contributed by atoms with Crippen molar-refractivity contribution in [3.8, 4) is 11.5 Å². The highest BCUT2D eigenvalue weighted by Gasteiger charge is 2.24. The van der Waals surface area contributed by atoms with Crippen LogP contribution in [0.1, 0.15) is 36.9 Å². The topological polar surface area (TPSA) is 89.4 Å². The summed E-state index contributed by atoms with van der Waals surface area (Å²) in [4.78, 5) is 12.8. The van der Waals surface area contributed by atoms with Crippen molar-refractivity contribution in [1.82, 2.24) is 15.0 Å². The maximum absolute atomic E-state index is 10.3. The number of methoxy groups -OCH3 is 1. The van der Waals surface area contributed by atoms with Crippen LogP contribution in [-0.4, -0.2) is 39.3 Å². The molecule has 2 aromatic heterocycles. The number of hydrogen-bond acceptors (Lipinski definition) is 8. The van der Waals surface area contributed by atoms with Crippen molar-refractivity contribution >= 4 is 38.3 Å². The Kier molecular flexibility index (Phi) is 6.03. The molecular weight excluding hydrogens is 412 g/mol. The summed E-state index contributed by atoms with van der Waals surface area (Å²) in [5.41, 5.74) is 2.47. The van der Waals surface area contributed by atoms with E-state index in [4.69, 9.17) is 26.1 Å². The minimum Gasteiger partial charge on any atom is -0.494 e. The number of aromatic nitrogens is 3. The van der Waals surface area contributed by atoms with Gasteiger partial charge >= 0.3 is 0 Å². The van der Waals surface area contributed by atoms with Crippen LogP contribution in [0.4, 0.5) is 5.13 Å². The summed E-state index contributed by atoms with van der Waals surface area (Å²) >= 11 is 7.39. The zero-order chi connectivity index (χ0) is 20.4. The van der Waals surface area contributed by atoms with Gasteiger partial charge in [0.15, 0.2) is 5.13 Å². The molecule has 2 heterocycles. The van der Waals surface area contributed by atoms with E-state index in [9.17, 15) is 5.11 Å². The van der Waals surface area contributed by atoms with Gasteiger partial charge < -0.3 is 19.9 Å². The van der Waals surface area contributed by atoms with Crippen LogP contribution in [0.15, 0.2) is 18.3 Å². The average Bonchev–Trinajstić information content (AvgIpc) is 3.14. The maximum Gasteiger partial charge on any atom is 0.222 e. The Morgan fingerprint density at radius 3 is 2.86 bits per heavy atom. The number of anilines is 1. The highest BCUT2D eigenvalue weighted by Crippen LogP contribution is 2.40. The fraction of sp³-hybridized carbons (Fsp3) is 0.450. The van der Waals surface area contributed by atoms with Gasteiger partial charge in [-0.05, 0) is 37.4 Å². The van der Waals surface area contributed by atoms with E-state index in [0.717, 1.165) is 46.6 Å². The lowest BCUT2D eigenvalue weighted by Crippen LogP contribution is -2.36. The third-order valence-electron chi connectivity index (χ3n) is 5.15. The van der Waals surface area contributed by atoms with E-state index in [0.29, 0.717) is 17.2 Å². The molecule has 29 heavy (non-hydrogen) atoms. The van der Waals surface area contributed by atoms with Crippen molar-refractivity contribution in [2.75, 3.05) is 12.4 Å². The Morgan fingerprint density at radius 2 is 2.10 bits per heavy atom. The summed E-state index contributed by atoms with van der Waals surface area (Å²) in [7, 11) is 1.62. The van der Waals surface area contributed by atoms with Gasteiger partial charge in [0.1, 0.15) is 23.6 Å². The Morgan fingerprint density at radius 1 is 1.28 bits per heavy atom. The molecule has 0 radical (unpaired) electrons. The van der Waals surface area contributed by atoms with Crippen LogP contribution >= 0.6 is 22.9 Å². The van der Waals surface area contributed by atoms with Crippen molar-refractivity contribution in [1.29, 1.82) is 0 Å². The molecular formula is C20H23ClN4O3S. The molecule has 2 atom stereocenters. The predicted molar refractivity (Wildman–Crippen MR) is 114 cm³/mol. The molecule has 1 fully saturated rings. The van der Waals surface area contributed by atoms with E-state index in [1.807, 2.05) is 13.0 Å². The average molecular weight is 435 g/mol. The number of nitrogens with one attached hydrogen (secondary N) is 1. The number of fused-ring (bicyclic) bond motifs is 1. The van der Waals surface area contributed by atoms with Crippen molar-refractivity contribution in [2.45, 2.75) is 51.4 Å². The predicted octanol–water partition coefficient (Wildman–Crippen LogP) is 4.35. The summed E-state index contributed by atoms with van der Waals surface area (Å²) < 4.78 is 12.5. The summed E-state index contributed by atoms with van der Waals surface area (Å²) in [6.45, 7) is 2.28. The van der Waals surface area contributed by atoms with Gasteiger partial charge in [0.2, 0.25) is 5.28 Å². The Bertz CT molecular complexity index is 1010. The number of halogens is 1. The smallest absolute Gasteiger partial charge is 0.222 e. The van der Waals surface area contributed by atoms with Crippen LogP contribution in [0.5, 0.6) is 11.5 Å². The highest BCUT2D eigenvalue weighted by molar-refractivity contribution is 7.22. The summed E-state index contributed by atoms with van der Waals surface area (Å²) in [5, 5.41) is 14.6. The van der Waals surface area contributed by atoms with Gasteiger partial charge in [-0.15, -0.1) is 0 Å². The van der Waals surface area contributed by atoms with Crippen LogP contribution in [0.3, 0.4) is 0 Å². The van der Waals surface area contributed by atoms with Crippen LogP contribution in [0.2, 0.25) is 5.28 Å². The monoisotopic (exact) mass is 434 g/mol. The first kappa shape index (κ1) is 20.1. The lowest BCUT2D eigenvalue weighted by atomic mass is 9.93. The van der Waals surface area contributed by atoms with Gasteiger partial charge in [-0.2, -0.15) is 0 Å². The molecule has 3 aromatic rings. The van der Waals surface area contributed by atoms with Crippen molar-refractivity contribution in [3.63, 3.8) is 0 Å². The Balaban J connectivity index is 1.60. The Labute approximate surface area is 178 Å². The minimum atomic E-state index is -0.336. The number of hydrogen-bond donors (Lipinski definition) is 2. The molecule has 7 nitrogen and oxygen atoms in total. The number of ether oxygens (including phenoxy) is 2. The molecule has 0 spiro atoms. The second kappa shape index (κ2) is 8.69. The number of aliphatic hydroxyl groups excluding tert-OH is 1. The molecule has 1 saturated carbocycles. The molecule has 0 saturated heterocycles. The number of nitrogens with zero attached hydrogens (tertiary/aromatic N) is 3. The molecule has 0 bridgehead atoms. The number of rotatable bonds is 6. The van der Waals surface area contributed by atoms with Gasteiger partial charge in [-0.25, -0.2) is 15.0 Å². The fourth-order valence-corrected chi connectivity index (χ4v) is 4.76. The summed E-state index contributed by atoms with van der Waals surface area (Å²) in [5.74, 6) is 1.35. The van der Waals surface area contributed by atoms with Crippen LogP contribution < -0.4 is 14.8 Å². The third-order valence-corrected chi connectivity index (χ3v) is 6.44. The fourth-order valence-electron chi connectivity index (χ4n) is 3.56. The quantitative estimate of drug-likeness (QED) is 0.557.